The minimum atomic E-state index is 0.518. The van der Waals surface area contributed by atoms with E-state index >= 15 is 0 Å². The molecule has 2 rings (SSSR count). The first-order valence-corrected chi connectivity index (χ1v) is 5.86. The second-order valence-electron chi connectivity index (χ2n) is 4.01. The lowest BCUT2D eigenvalue weighted by molar-refractivity contribution is 0.736. The molecule has 2 nitrogen and oxygen atoms in total. The maximum Gasteiger partial charge on any atom is 0.0618 e. The summed E-state index contributed by atoms with van der Waals surface area (Å²) in [6.07, 6.45) is 2.42. The van der Waals surface area contributed by atoms with E-state index in [4.69, 9.17) is 28.9 Å². The minimum absolute atomic E-state index is 0.518. The molecule has 0 radical (unpaired) electrons. The van der Waals surface area contributed by atoms with Crippen molar-refractivity contribution < 1.29 is 0 Å². The Bertz CT molecular complexity index is 379. The van der Waals surface area contributed by atoms with Crippen LogP contribution in [0.2, 0.25) is 10.0 Å². The summed E-state index contributed by atoms with van der Waals surface area (Å²) in [7, 11) is 0. The topological polar surface area (TPSA) is 29.3 Å². The van der Waals surface area contributed by atoms with E-state index in [1.165, 1.54) is 12.8 Å². The van der Waals surface area contributed by atoms with Gasteiger partial charge in [0.2, 0.25) is 0 Å². The van der Waals surface area contributed by atoms with E-state index in [0.29, 0.717) is 21.8 Å². The highest BCUT2D eigenvalue weighted by molar-refractivity contribution is 6.42. The van der Waals surface area contributed by atoms with Gasteiger partial charge in [0.05, 0.1) is 21.4 Å². The smallest absolute Gasteiger partial charge is 0.0618 e. The van der Waals surface area contributed by atoms with Crippen molar-refractivity contribution in [3.8, 4) is 0 Å². The van der Waals surface area contributed by atoms with E-state index in [1.54, 1.807) is 6.07 Å². The van der Waals surface area contributed by atoms with E-state index in [1.807, 2.05) is 6.07 Å². The van der Waals surface area contributed by atoms with Crippen LogP contribution in [0.3, 0.4) is 0 Å². The van der Waals surface area contributed by atoms with Gasteiger partial charge >= 0.3 is 0 Å². The largest absolute Gasteiger partial charge is 0.397 e. The van der Waals surface area contributed by atoms with Crippen LogP contribution in [0.4, 0.5) is 11.4 Å². The summed E-state index contributed by atoms with van der Waals surface area (Å²) in [5.41, 5.74) is 7.66. The van der Waals surface area contributed by atoms with Crippen molar-refractivity contribution in [3.63, 3.8) is 0 Å². The Morgan fingerprint density at radius 1 is 1.33 bits per heavy atom. The molecule has 0 aliphatic carbocycles. The van der Waals surface area contributed by atoms with Crippen molar-refractivity contribution >= 4 is 34.6 Å². The van der Waals surface area contributed by atoms with Gasteiger partial charge in [0, 0.05) is 12.6 Å². The van der Waals surface area contributed by atoms with Crippen molar-refractivity contribution in [1.82, 2.24) is 0 Å². The molecule has 4 heteroatoms. The molecular formula is C11H14Cl2N2. The van der Waals surface area contributed by atoms with Crippen LogP contribution in [0.5, 0.6) is 0 Å². The quantitative estimate of drug-likeness (QED) is 0.766. The summed E-state index contributed by atoms with van der Waals surface area (Å²) in [6.45, 7) is 3.25. The molecule has 1 saturated heterocycles. The molecule has 15 heavy (non-hydrogen) atoms. The Kier molecular flexibility index (Phi) is 2.98. The number of halogens is 2. The van der Waals surface area contributed by atoms with E-state index in [9.17, 15) is 0 Å². The third kappa shape index (κ3) is 2.01. The predicted molar refractivity (Wildman–Crippen MR) is 66.9 cm³/mol. The molecule has 2 N–H and O–H groups in total. The average Bonchev–Trinajstić information content (AvgIpc) is 2.58. The number of nitrogens with two attached hydrogens (primary N) is 1. The third-order valence-electron chi connectivity index (χ3n) is 2.93. The average molecular weight is 245 g/mol. The summed E-state index contributed by atoms with van der Waals surface area (Å²) in [5, 5.41) is 1.09. The van der Waals surface area contributed by atoms with Gasteiger partial charge in [0.15, 0.2) is 0 Å². The summed E-state index contributed by atoms with van der Waals surface area (Å²) >= 11 is 11.9. The lowest BCUT2D eigenvalue weighted by atomic mass is 10.2. The first-order valence-electron chi connectivity index (χ1n) is 5.10. The van der Waals surface area contributed by atoms with Crippen molar-refractivity contribution in [2.45, 2.75) is 25.8 Å². The molecule has 1 unspecified atom stereocenters. The third-order valence-corrected chi connectivity index (χ3v) is 3.65. The predicted octanol–water partition coefficient (Wildman–Crippen LogP) is 3.56. The molecule has 1 heterocycles. The molecule has 1 aromatic rings. The van der Waals surface area contributed by atoms with E-state index < -0.39 is 0 Å². The van der Waals surface area contributed by atoms with Gasteiger partial charge in [0.1, 0.15) is 0 Å². The van der Waals surface area contributed by atoms with Gasteiger partial charge in [-0.3, -0.25) is 0 Å². The maximum atomic E-state index is 6.00. The highest BCUT2D eigenvalue weighted by Gasteiger charge is 2.22. The highest BCUT2D eigenvalue weighted by atomic mass is 35.5. The summed E-state index contributed by atoms with van der Waals surface area (Å²) in [6, 6.07) is 4.12. The Morgan fingerprint density at radius 2 is 2.00 bits per heavy atom. The summed E-state index contributed by atoms with van der Waals surface area (Å²) < 4.78 is 0. The van der Waals surface area contributed by atoms with Crippen LogP contribution < -0.4 is 10.6 Å². The van der Waals surface area contributed by atoms with Crippen molar-refractivity contribution in [3.05, 3.63) is 22.2 Å². The fourth-order valence-electron chi connectivity index (χ4n) is 2.09. The molecule has 1 atom stereocenters. The number of anilines is 2. The Hall–Kier alpha value is -0.600. The Labute approximate surface area is 100.0 Å². The van der Waals surface area contributed by atoms with Gasteiger partial charge in [-0.2, -0.15) is 0 Å². The number of nitrogen functional groups attached to an aromatic ring is 1. The van der Waals surface area contributed by atoms with Crippen LogP contribution in [0.25, 0.3) is 0 Å². The van der Waals surface area contributed by atoms with Gasteiger partial charge in [-0.15, -0.1) is 0 Å². The first kappa shape index (κ1) is 10.9. The molecule has 0 aromatic heterocycles. The molecule has 0 bridgehead atoms. The molecule has 0 amide bonds. The zero-order valence-electron chi connectivity index (χ0n) is 8.63. The molecule has 0 spiro atoms. The molecule has 1 aromatic carbocycles. The normalized spacial score (nSPS) is 21.0. The van der Waals surface area contributed by atoms with Crippen LogP contribution in [-0.4, -0.2) is 12.6 Å². The van der Waals surface area contributed by atoms with Gasteiger partial charge in [-0.05, 0) is 31.9 Å². The van der Waals surface area contributed by atoms with E-state index in [-0.39, 0.29) is 0 Å². The standard InChI is InChI=1S/C11H14Cl2N2/c1-7-3-2-4-15(7)11-6-9(13)8(12)5-10(11)14/h5-7H,2-4,14H2,1H3. The number of hydrogen-bond donors (Lipinski definition) is 1. The van der Waals surface area contributed by atoms with E-state index in [2.05, 4.69) is 11.8 Å². The highest BCUT2D eigenvalue weighted by Crippen LogP contribution is 2.36. The fraction of sp³-hybridized carbons (Fsp3) is 0.455. The summed E-state index contributed by atoms with van der Waals surface area (Å²) in [4.78, 5) is 2.29. The minimum Gasteiger partial charge on any atom is -0.397 e. The lowest BCUT2D eigenvalue weighted by Crippen LogP contribution is -2.27. The van der Waals surface area contributed by atoms with Crippen molar-refractivity contribution in [2.75, 3.05) is 17.2 Å². The van der Waals surface area contributed by atoms with Crippen LogP contribution in [0.1, 0.15) is 19.8 Å². The van der Waals surface area contributed by atoms with Crippen LogP contribution in [0.15, 0.2) is 12.1 Å². The number of rotatable bonds is 1. The number of hydrogen-bond acceptors (Lipinski definition) is 2. The fourth-order valence-corrected chi connectivity index (χ4v) is 2.42. The SMILES string of the molecule is CC1CCCN1c1cc(Cl)c(Cl)cc1N. The van der Waals surface area contributed by atoms with Gasteiger partial charge in [0.25, 0.3) is 0 Å². The Balaban J connectivity index is 2.39. The Morgan fingerprint density at radius 3 is 2.60 bits per heavy atom. The molecule has 0 saturated carbocycles. The monoisotopic (exact) mass is 244 g/mol. The van der Waals surface area contributed by atoms with Crippen LogP contribution in [-0.2, 0) is 0 Å². The van der Waals surface area contributed by atoms with Gasteiger partial charge in [-0.25, -0.2) is 0 Å². The second-order valence-corrected chi connectivity index (χ2v) is 4.82. The van der Waals surface area contributed by atoms with Crippen molar-refractivity contribution in [2.24, 2.45) is 0 Å². The van der Waals surface area contributed by atoms with Crippen LogP contribution >= 0.6 is 23.2 Å². The molecule has 1 aliphatic heterocycles. The number of benzene rings is 1. The second kappa shape index (κ2) is 4.11. The zero-order chi connectivity index (χ0) is 11.0. The first-order chi connectivity index (χ1) is 7.09. The van der Waals surface area contributed by atoms with Gasteiger partial charge in [-0.1, -0.05) is 23.2 Å². The summed E-state index contributed by atoms with van der Waals surface area (Å²) in [5.74, 6) is 0. The van der Waals surface area contributed by atoms with Crippen molar-refractivity contribution in [1.29, 1.82) is 0 Å². The lowest BCUT2D eigenvalue weighted by Gasteiger charge is -2.25. The van der Waals surface area contributed by atoms with Crippen LogP contribution in [0, 0.1) is 0 Å². The van der Waals surface area contributed by atoms with E-state index in [0.717, 1.165) is 12.2 Å². The van der Waals surface area contributed by atoms with Gasteiger partial charge < -0.3 is 10.6 Å². The molecule has 1 aliphatic rings. The molecule has 1 fully saturated rings. The molecular weight excluding hydrogens is 231 g/mol. The molecule has 82 valence electrons. The maximum absolute atomic E-state index is 6.00. The zero-order valence-corrected chi connectivity index (χ0v) is 10.1. The number of nitrogens with zero attached hydrogens (tertiary/aromatic N) is 1.